The average molecular weight is 690 g/mol. The monoisotopic (exact) mass is 689 g/mol. The molecule has 1 atom stereocenters. The summed E-state index contributed by atoms with van der Waals surface area (Å²) in [6, 6.07) is 6.45. The molecule has 1 unspecified atom stereocenters. The SMILES string of the molecule is Cc1noc(C)c1COc1nn(C2CCC(N3CCOCC3)CC2)cc1Nc1ncc(-c2ccc(Cl)c(OC(C)Cn3cnnn3)c2)cn1. The zero-order valence-electron chi connectivity index (χ0n) is 27.8. The van der Waals surface area contributed by atoms with E-state index in [1.165, 1.54) is 0 Å². The smallest absolute Gasteiger partial charge is 0.257 e. The van der Waals surface area contributed by atoms with Crippen LogP contribution in [0, 0.1) is 13.8 Å². The fourth-order valence-electron chi connectivity index (χ4n) is 6.45. The van der Waals surface area contributed by atoms with Crippen LogP contribution in [0.25, 0.3) is 11.1 Å². The molecule has 1 saturated carbocycles. The first-order valence-corrected chi connectivity index (χ1v) is 17.0. The normalized spacial score (nSPS) is 19.1. The number of anilines is 2. The number of hydrogen-bond donors (Lipinski definition) is 1. The number of nitrogens with one attached hydrogen (secondary N) is 1. The van der Waals surface area contributed by atoms with Crippen molar-refractivity contribution in [2.24, 2.45) is 0 Å². The molecule has 1 N–H and O–H groups in total. The molecule has 1 aliphatic carbocycles. The third kappa shape index (κ3) is 7.84. The first-order valence-electron chi connectivity index (χ1n) is 16.6. The lowest BCUT2D eigenvalue weighted by Crippen LogP contribution is -2.45. The lowest BCUT2D eigenvalue weighted by Gasteiger charge is -2.38. The molecule has 4 aromatic heterocycles. The summed E-state index contributed by atoms with van der Waals surface area (Å²) >= 11 is 6.47. The second-order valence-electron chi connectivity index (χ2n) is 12.6. The van der Waals surface area contributed by atoms with Crippen LogP contribution in [-0.4, -0.2) is 88.5 Å². The zero-order valence-corrected chi connectivity index (χ0v) is 28.6. The van der Waals surface area contributed by atoms with E-state index >= 15 is 0 Å². The fraction of sp³-hybridized carbons (Fsp3) is 0.485. The number of morpholine rings is 1. The minimum absolute atomic E-state index is 0.214. The van der Waals surface area contributed by atoms with Crippen molar-refractivity contribution >= 4 is 23.2 Å². The highest BCUT2D eigenvalue weighted by Gasteiger charge is 2.29. The molecule has 2 fully saturated rings. The quantitative estimate of drug-likeness (QED) is 0.183. The van der Waals surface area contributed by atoms with Gasteiger partial charge in [0.15, 0.2) is 0 Å². The minimum Gasteiger partial charge on any atom is -0.487 e. The number of tetrazole rings is 1. The Bertz CT molecular complexity index is 1800. The second kappa shape index (κ2) is 14.9. The molecular formula is C33H40ClN11O4. The molecule has 0 radical (unpaired) electrons. The summed E-state index contributed by atoms with van der Waals surface area (Å²) < 4.78 is 26.9. The van der Waals surface area contributed by atoms with Crippen LogP contribution in [0.1, 0.15) is 55.7 Å². The van der Waals surface area contributed by atoms with E-state index in [1.807, 2.05) is 43.8 Å². The number of halogens is 1. The van der Waals surface area contributed by atoms with Gasteiger partial charge in [-0.2, -0.15) is 0 Å². The van der Waals surface area contributed by atoms with E-state index in [-0.39, 0.29) is 18.8 Å². The fourth-order valence-corrected chi connectivity index (χ4v) is 6.61. The number of aryl methyl sites for hydroxylation is 2. The van der Waals surface area contributed by atoms with Gasteiger partial charge < -0.3 is 24.1 Å². The van der Waals surface area contributed by atoms with Crippen LogP contribution < -0.4 is 14.8 Å². The Hall–Kier alpha value is -4.60. The molecule has 5 heterocycles. The Labute approximate surface area is 288 Å². The topological polar surface area (TPSA) is 156 Å². The summed E-state index contributed by atoms with van der Waals surface area (Å²) in [7, 11) is 0. The third-order valence-corrected chi connectivity index (χ3v) is 9.47. The minimum atomic E-state index is -0.214. The van der Waals surface area contributed by atoms with E-state index in [2.05, 4.69) is 40.9 Å². The number of hydrogen-bond acceptors (Lipinski definition) is 13. The van der Waals surface area contributed by atoms with Gasteiger partial charge in [-0.25, -0.2) is 14.6 Å². The van der Waals surface area contributed by atoms with Crippen molar-refractivity contribution in [1.29, 1.82) is 0 Å². The molecular weight excluding hydrogens is 650 g/mol. The molecule has 2 aliphatic rings. The third-order valence-electron chi connectivity index (χ3n) is 9.16. The average Bonchev–Trinajstić information content (AvgIpc) is 3.86. The number of aromatic nitrogens is 9. The molecule has 258 valence electrons. The first-order chi connectivity index (χ1) is 23.9. The summed E-state index contributed by atoms with van der Waals surface area (Å²) in [6.45, 7) is 10.1. The molecule has 1 aliphatic heterocycles. The van der Waals surface area contributed by atoms with Crippen molar-refractivity contribution in [3.63, 3.8) is 0 Å². The standard InChI is InChI=1S/C33H40ClN11O4/c1-21(17-44-20-37-41-42-44)48-31-14-24(4-9-29(31)34)25-15-35-33(36-16-25)38-30-18-45(39-32(30)47-19-28-22(2)40-49-23(28)3)27-7-5-26(6-8-27)43-10-12-46-13-11-43/h4,9,14-16,18,20-21,26-27H,5-8,10-13,17,19H2,1-3H3,(H,35,36,38). The Morgan fingerprint density at radius 2 is 1.82 bits per heavy atom. The highest BCUT2D eigenvalue weighted by atomic mass is 35.5. The Balaban J connectivity index is 1.05. The van der Waals surface area contributed by atoms with E-state index in [4.69, 9.17) is 35.4 Å². The van der Waals surface area contributed by atoms with Gasteiger partial charge in [0, 0.05) is 37.1 Å². The molecule has 0 bridgehead atoms. The van der Waals surface area contributed by atoms with Crippen LogP contribution in [0.4, 0.5) is 11.6 Å². The van der Waals surface area contributed by atoms with Crippen LogP contribution >= 0.6 is 11.6 Å². The summed E-state index contributed by atoms with van der Waals surface area (Å²) in [6.07, 6.45) is 11.2. The van der Waals surface area contributed by atoms with Crippen molar-refractivity contribution in [1.82, 2.24) is 50.0 Å². The van der Waals surface area contributed by atoms with Crippen LogP contribution in [0.3, 0.4) is 0 Å². The molecule has 0 amide bonds. The number of benzene rings is 1. The van der Waals surface area contributed by atoms with Gasteiger partial charge in [-0.1, -0.05) is 22.8 Å². The van der Waals surface area contributed by atoms with E-state index in [1.54, 1.807) is 29.5 Å². The Kier molecular flexibility index (Phi) is 10.0. The number of ether oxygens (including phenoxy) is 3. The Morgan fingerprint density at radius 3 is 2.53 bits per heavy atom. The Morgan fingerprint density at radius 1 is 1.04 bits per heavy atom. The predicted octanol–water partition coefficient (Wildman–Crippen LogP) is 5.19. The zero-order chi connectivity index (χ0) is 33.7. The van der Waals surface area contributed by atoms with Crippen LogP contribution in [-0.2, 0) is 17.9 Å². The summed E-state index contributed by atoms with van der Waals surface area (Å²) in [5.74, 6) is 2.17. The second-order valence-corrected chi connectivity index (χ2v) is 13.0. The van der Waals surface area contributed by atoms with Gasteiger partial charge in [0.05, 0.1) is 48.3 Å². The summed E-state index contributed by atoms with van der Waals surface area (Å²) in [5, 5.41) is 24.0. The highest BCUT2D eigenvalue weighted by molar-refractivity contribution is 6.32. The molecule has 0 spiro atoms. The van der Waals surface area contributed by atoms with Gasteiger partial charge in [0.25, 0.3) is 5.88 Å². The van der Waals surface area contributed by atoms with Gasteiger partial charge in [0.2, 0.25) is 5.95 Å². The van der Waals surface area contributed by atoms with E-state index in [9.17, 15) is 0 Å². The summed E-state index contributed by atoms with van der Waals surface area (Å²) in [5.41, 5.74) is 4.06. The summed E-state index contributed by atoms with van der Waals surface area (Å²) in [4.78, 5) is 11.8. The van der Waals surface area contributed by atoms with Crippen molar-refractivity contribution in [3.05, 3.63) is 65.2 Å². The van der Waals surface area contributed by atoms with Gasteiger partial charge >= 0.3 is 0 Å². The van der Waals surface area contributed by atoms with E-state index in [0.29, 0.717) is 40.9 Å². The van der Waals surface area contributed by atoms with E-state index < -0.39 is 0 Å². The largest absolute Gasteiger partial charge is 0.487 e. The predicted molar refractivity (Wildman–Crippen MR) is 180 cm³/mol. The van der Waals surface area contributed by atoms with Crippen molar-refractivity contribution in [3.8, 4) is 22.8 Å². The maximum atomic E-state index is 6.47. The van der Waals surface area contributed by atoms with Crippen molar-refractivity contribution in [2.45, 2.75) is 77.8 Å². The van der Waals surface area contributed by atoms with Crippen molar-refractivity contribution < 1.29 is 18.7 Å². The van der Waals surface area contributed by atoms with Gasteiger partial charge in [-0.3, -0.25) is 9.58 Å². The van der Waals surface area contributed by atoms with Gasteiger partial charge in [0.1, 0.15) is 36.2 Å². The number of rotatable bonds is 12. The molecule has 15 nitrogen and oxygen atoms in total. The number of nitrogens with zero attached hydrogens (tertiary/aromatic N) is 10. The molecule has 7 rings (SSSR count). The molecule has 5 aromatic rings. The maximum Gasteiger partial charge on any atom is 0.257 e. The highest BCUT2D eigenvalue weighted by Crippen LogP contribution is 2.36. The maximum absolute atomic E-state index is 6.47. The molecule has 16 heteroatoms. The molecule has 49 heavy (non-hydrogen) atoms. The van der Waals surface area contributed by atoms with Gasteiger partial charge in [-0.15, -0.1) is 10.2 Å². The van der Waals surface area contributed by atoms with Crippen LogP contribution in [0.5, 0.6) is 11.6 Å². The first kappa shape index (κ1) is 32.9. The lowest BCUT2D eigenvalue weighted by molar-refractivity contribution is 0.00502. The van der Waals surface area contributed by atoms with Crippen LogP contribution in [0.15, 0.2) is 47.6 Å². The molecule has 1 saturated heterocycles. The molecule has 1 aromatic carbocycles. The van der Waals surface area contributed by atoms with Crippen LogP contribution in [0.2, 0.25) is 5.02 Å². The van der Waals surface area contributed by atoms with Gasteiger partial charge in [-0.05, 0) is 74.6 Å². The van der Waals surface area contributed by atoms with Crippen molar-refractivity contribution in [2.75, 3.05) is 31.6 Å². The van der Waals surface area contributed by atoms with E-state index in [0.717, 1.165) is 80.1 Å². The lowest BCUT2D eigenvalue weighted by atomic mass is 9.90.